The molecule has 0 fully saturated rings. The average Bonchev–Trinajstić information content (AvgIpc) is 2.82. The van der Waals surface area contributed by atoms with E-state index in [9.17, 15) is 0 Å². The van der Waals surface area contributed by atoms with Crippen LogP contribution in [0.2, 0.25) is 0 Å². The molecule has 0 N–H and O–H groups in total. The van der Waals surface area contributed by atoms with Gasteiger partial charge in [0.1, 0.15) is 6.54 Å². The quantitative estimate of drug-likeness (QED) is 0.164. The number of aryl methyl sites for hydroxylation is 1. The molecule has 0 bridgehead atoms. The molecule has 0 aliphatic rings. The molecule has 0 spiro atoms. The number of aromatic nitrogens is 1. The molecular formula is C27H41N2S2+. The van der Waals surface area contributed by atoms with Gasteiger partial charge >= 0.3 is 0 Å². The molecule has 31 heavy (non-hydrogen) atoms. The normalized spacial score (nSPS) is 11.9. The number of rotatable bonds is 14. The SMILES string of the molecule is CCC(CC)CCSSCCN(CC)c1ccc(/C=C(\C)c2cc[n+](CC)cc2)cc1. The van der Waals surface area contributed by atoms with Crippen molar-refractivity contribution in [1.29, 1.82) is 0 Å². The van der Waals surface area contributed by atoms with Gasteiger partial charge in [-0.2, -0.15) is 0 Å². The molecule has 0 radical (unpaired) electrons. The Morgan fingerprint density at radius 1 is 0.935 bits per heavy atom. The van der Waals surface area contributed by atoms with E-state index in [2.05, 4.69) is 110 Å². The molecule has 0 aliphatic carbocycles. The number of anilines is 1. The number of hydrogen-bond donors (Lipinski definition) is 0. The second kappa shape index (κ2) is 14.6. The maximum atomic E-state index is 2.48. The third-order valence-electron chi connectivity index (χ3n) is 6.03. The summed E-state index contributed by atoms with van der Waals surface area (Å²) in [4.78, 5) is 2.48. The van der Waals surface area contributed by atoms with Gasteiger partial charge in [0, 0.05) is 42.4 Å². The summed E-state index contributed by atoms with van der Waals surface area (Å²) in [6.07, 6.45) is 10.6. The van der Waals surface area contributed by atoms with Crippen LogP contribution in [0.25, 0.3) is 11.6 Å². The highest BCUT2D eigenvalue weighted by Crippen LogP contribution is 2.26. The lowest BCUT2D eigenvalue weighted by Crippen LogP contribution is -2.30. The van der Waals surface area contributed by atoms with E-state index in [1.54, 1.807) is 0 Å². The molecule has 0 unspecified atom stereocenters. The van der Waals surface area contributed by atoms with Gasteiger partial charge in [0.25, 0.3) is 0 Å². The van der Waals surface area contributed by atoms with Gasteiger partial charge in [-0.05, 0) is 61.9 Å². The lowest BCUT2D eigenvalue weighted by atomic mass is 10.0. The molecule has 1 aromatic carbocycles. The number of nitrogens with zero attached hydrogens (tertiary/aromatic N) is 2. The van der Waals surface area contributed by atoms with E-state index in [4.69, 9.17) is 0 Å². The second-order valence-corrected chi connectivity index (χ2v) is 10.7. The highest BCUT2D eigenvalue weighted by atomic mass is 33.1. The summed E-state index contributed by atoms with van der Waals surface area (Å²) in [5, 5.41) is 0. The van der Waals surface area contributed by atoms with Crippen molar-refractivity contribution in [3.63, 3.8) is 0 Å². The van der Waals surface area contributed by atoms with Gasteiger partial charge < -0.3 is 4.90 Å². The van der Waals surface area contributed by atoms with E-state index >= 15 is 0 Å². The first-order chi connectivity index (χ1) is 15.1. The zero-order chi connectivity index (χ0) is 22.5. The Bertz CT molecular complexity index is 765. The molecule has 0 aliphatic heterocycles. The van der Waals surface area contributed by atoms with Crippen molar-refractivity contribution in [3.05, 3.63) is 59.9 Å². The summed E-state index contributed by atoms with van der Waals surface area (Å²) in [5.41, 5.74) is 5.16. The summed E-state index contributed by atoms with van der Waals surface area (Å²) in [6.45, 7) is 14.4. The average molecular weight is 458 g/mol. The number of benzene rings is 1. The number of hydrogen-bond acceptors (Lipinski definition) is 3. The molecular weight excluding hydrogens is 416 g/mol. The van der Waals surface area contributed by atoms with Gasteiger partial charge in [-0.1, -0.05) is 66.5 Å². The van der Waals surface area contributed by atoms with Crippen LogP contribution in [0.1, 0.15) is 65.0 Å². The van der Waals surface area contributed by atoms with Gasteiger partial charge in [-0.3, -0.25) is 0 Å². The van der Waals surface area contributed by atoms with Gasteiger partial charge in [0.2, 0.25) is 0 Å². The third kappa shape index (κ3) is 8.94. The summed E-state index contributed by atoms with van der Waals surface area (Å²) in [7, 11) is 4.08. The van der Waals surface area contributed by atoms with Gasteiger partial charge in [0.15, 0.2) is 12.4 Å². The van der Waals surface area contributed by atoms with Crippen LogP contribution in [0.15, 0.2) is 48.8 Å². The number of pyridine rings is 1. The summed E-state index contributed by atoms with van der Waals surface area (Å²) in [5.74, 6) is 3.36. The first-order valence-electron chi connectivity index (χ1n) is 11.9. The van der Waals surface area contributed by atoms with Crippen LogP contribution in [0, 0.1) is 5.92 Å². The molecule has 2 aromatic rings. The minimum Gasteiger partial charge on any atom is -0.371 e. The molecule has 1 aromatic heterocycles. The molecule has 0 saturated heterocycles. The fourth-order valence-electron chi connectivity index (χ4n) is 3.69. The summed E-state index contributed by atoms with van der Waals surface area (Å²) >= 11 is 0. The van der Waals surface area contributed by atoms with Crippen LogP contribution in [-0.2, 0) is 6.54 Å². The van der Waals surface area contributed by atoms with Gasteiger partial charge in [0.05, 0.1) is 0 Å². The van der Waals surface area contributed by atoms with E-state index in [0.717, 1.165) is 25.6 Å². The molecule has 2 nitrogen and oxygen atoms in total. The highest BCUT2D eigenvalue weighted by molar-refractivity contribution is 8.76. The lowest BCUT2D eigenvalue weighted by Gasteiger charge is -2.23. The van der Waals surface area contributed by atoms with Crippen LogP contribution >= 0.6 is 21.6 Å². The minimum atomic E-state index is 0.908. The van der Waals surface area contributed by atoms with Crippen molar-refractivity contribution >= 4 is 38.9 Å². The van der Waals surface area contributed by atoms with E-state index in [0.29, 0.717) is 0 Å². The summed E-state index contributed by atoms with van der Waals surface area (Å²) < 4.78 is 2.19. The van der Waals surface area contributed by atoms with Gasteiger partial charge in [-0.15, -0.1) is 0 Å². The Kier molecular flexibility index (Phi) is 12.2. The smallest absolute Gasteiger partial charge is 0.169 e. The fourth-order valence-corrected chi connectivity index (χ4v) is 5.87. The molecule has 0 saturated carbocycles. The van der Waals surface area contributed by atoms with Crippen LogP contribution in [-0.4, -0.2) is 24.6 Å². The molecule has 1 heterocycles. The van der Waals surface area contributed by atoms with E-state index in [-0.39, 0.29) is 0 Å². The van der Waals surface area contributed by atoms with Crippen molar-refractivity contribution in [1.82, 2.24) is 0 Å². The van der Waals surface area contributed by atoms with Crippen molar-refractivity contribution in [3.8, 4) is 0 Å². The largest absolute Gasteiger partial charge is 0.371 e. The van der Waals surface area contributed by atoms with E-state index in [1.165, 1.54) is 53.2 Å². The Labute approximate surface area is 198 Å². The Morgan fingerprint density at radius 3 is 2.16 bits per heavy atom. The first-order valence-corrected chi connectivity index (χ1v) is 14.4. The van der Waals surface area contributed by atoms with Gasteiger partial charge in [-0.25, -0.2) is 4.57 Å². The van der Waals surface area contributed by atoms with Crippen molar-refractivity contribution < 1.29 is 4.57 Å². The van der Waals surface area contributed by atoms with E-state index in [1.807, 2.05) is 10.8 Å². The van der Waals surface area contributed by atoms with Crippen LogP contribution < -0.4 is 9.47 Å². The lowest BCUT2D eigenvalue weighted by molar-refractivity contribution is -0.693. The first kappa shape index (κ1) is 25.9. The molecule has 2 rings (SSSR count). The molecule has 0 atom stereocenters. The van der Waals surface area contributed by atoms with Crippen LogP contribution in [0.3, 0.4) is 0 Å². The minimum absolute atomic E-state index is 0.908. The topological polar surface area (TPSA) is 7.12 Å². The van der Waals surface area contributed by atoms with Crippen molar-refractivity contribution in [2.45, 2.75) is 60.4 Å². The van der Waals surface area contributed by atoms with Crippen LogP contribution in [0.5, 0.6) is 0 Å². The molecule has 0 amide bonds. The Morgan fingerprint density at radius 2 is 1.58 bits per heavy atom. The highest BCUT2D eigenvalue weighted by Gasteiger charge is 2.06. The predicted octanol–water partition coefficient (Wildman–Crippen LogP) is 7.59. The fraction of sp³-hybridized carbons (Fsp3) is 0.519. The second-order valence-electron chi connectivity index (χ2n) is 8.03. The molecule has 4 heteroatoms. The monoisotopic (exact) mass is 457 g/mol. The maximum absolute atomic E-state index is 2.48. The van der Waals surface area contributed by atoms with E-state index < -0.39 is 0 Å². The standard InChI is InChI=1S/C27H41N2S2/c1-6-24(7-2)16-20-30-31-21-19-29(9-4)27-12-10-25(11-13-27)22-23(5)26-14-17-28(8-3)18-15-26/h10-15,17-18,22,24H,6-9,16,19-21H2,1-5H3/q+1. The summed E-state index contributed by atoms with van der Waals surface area (Å²) in [6, 6.07) is 13.4. The Hall–Kier alpha value is -1.39. The van der Waals surface area contributed by atoms with Crippen molar-refractivity contribution in [2.75, 3.05) is 29.5 Å². The predicted molar refractivity (Wildman–Crippen MR) is 144 cm³/mol. The zero-order valence-corrected chi connectivity index (χ0v) is 21.8. The maximum Gasteiger partial charge on any atom is 0.169 e. The van der Waals surface area contributed by atoms with Crippen molar-refractivity contribution in [2.24, 2.45) is 5.92 Å². The number of allylic oxidation sites excluding steroid dienone is 1. The third-order valence-corrected chi connectivity index (χ3v) is 8.45. The molecule has 170 valence electrons. The Balaban J connectivity index is 1.84. The van der Waals surface area contributed by atoms with Crippen LogP contribution in [0.4, 0.5) is 5.69 Å². The zero-order valence-electron chi connectivity index (χ0n) is 20.1.